The fourth-order valence-electron chi connectivity index (χ4n) is 1.45. The van der Waals surface area contributed by atoms with Crippen molar-refractivity contribution in [2.24, 2.45) is 11.5 Å². The summed E-state index contributed by atoms with van der Waals surface area (Å²) in [7, 11) is 0. The average Bonchev–Trinajstić information content (AvgIpc) is 2.20. The maximum atomic E-state index is 12.7. The molecule has 0 aromatic heterocycles. The van der Waals surface area contributed by atoms with Crippen LogP contribution in [0.5, 0.6) is 0 Å². The van der Waals surface area contributed by atoms with Crippen molar-refractivity contribution in [3.8, 4) is 0 Å². The number of carbonyl (C=O) groups excluding carboxylic acids is 2. The molecule has 0 aliphatic rings. The van der Waals surface area contributed by atoms with Crippen molar-refractivity contribution in [3.63, 3.8) is 0 Å². The molecule has 1 aromatic rings. The lowest BCUT2D eigenvalue weighted by Crippen LogP contribution is -2.23. The van der Waals surface area contributed by atoms with Gasteiger partial charge in [-0.3, -0.25) is 9.59 Å². The van der Waals surface area contributed by atoms with Crippen LogP contribution in [0.4, 0.5) is 4.39 Å². The molecule has 16 heavy (non-hydrogen) atoms. The lowest BCUT2D eigenvalue weighted by atomic mass is 9.93. The third-order valence-electron chi connectivity index (χ3n) is 2.30. The van der Waals surface area contributed by atoms with E-state index in [9.17, 15) is 14.0 Å². The molecule has 0 fully saturated rings. The second kappa shape index (κ2) is 5.25. The minimum atomic E-state index is -0.604. The van der Waals surface area contributed by atoms with E-state index < -0.39 is 17.7 Å². The molecule has 0 aliphatic heterocycles. The number of rotatable bonds is 5. The normalized spacial score (nSPS) is 12.1. The Morgan fingerprint density at radius 1 is 1.19 bits per heavy atom. The molecule has 86 valence electrons. The molecule has 0 saturated carbocycles. The first kappa shape index (κ1) is 12.2. The first-order valence-corrected chi connectivity index (χ1v) is 4.84. The summed E-state index contributed by atoms with van der Waals surface area (Å²) in [5.74, 6) is -2.03. The molecule has 5 heteroatoms. The second-order valence-electron chi connectivity index (χ2n) is 3.51. The summed E-state index contributed by atoms with van der Waals surface area (Å²) >= 11 is 0. The van der Waals surface area contributed by atoms with Gasteiger partial charge in [0.25, 0.3) is 0 Å². The van der Waals surface area contributed by atoms with Gasteiger partial charge in [0.05, 0.1) is 5.92 Å². The zero-order valence-electron chi connectivity index (χ0n) is 8.65. The van der Waals surface area contributed by atoms with Gasteiger partial charge in [0, 0.05) is 6.42 Å². The Bertz CT molecular complexity index is 389. The van der Waals surface area contributed by atoms with Gasteiger partial charge in [0.1, 0.15) is 5.82 Å². The lowest BCUT2D eigenvalue weighted by Gasteiger charge is -2.12. The van der Waals surface area contributed by atoms with Crippen LogP contribution in [0.15, 0.2) is 24.3 Å². The number of benzene rings is 1. The van der Waals surface area contributed by atoms with E-state index in [0.717, 1.165) is 0 Å². The molecule has 0 bridgehead atoms. The first-order valence-electron chi connectivity index (χ1n) is 4.84. The Kier molecular flexibility index (Phi) is 3.99. The quantitative estimate of drug-likeness (QED) is 0.769. The van der Waals surface area contributed by atoms with Gasteiger partial charge in [-0.2, -0.15) is 0 Å². The Morgan fingerprint density at radius 3 is 2.19 bits per heavy atom. The molecule has 1 rings (SSSR count). The molecule has 1 unspecified atom stereocenters. The molecular formula is C11H13FN2O2. The average molecular weight is 224 g/mol. The largest absolute Gasteiger partial charge is 0.370 e. The first-order chi connectivity index (χ1) is 7.50. The highest BCUT2D eigenvalue weighted by Crippen LogP contribution is 2.21. The van der Waals surface area contributed by atoms with E-state index in [2.05, 4.69) is 0 Å². The predicted molar refractivity (Wildman–Crippen MR) is 56.8 cm³/mol. The van der Waals surface area contributed by atoms with Gasteiger partial charge < -0.3 is 11.5 Å². The summed E-state index contributed by atoms with van der Waals surface area (Å²) in [6.07, 6.45) is 0.321. The Balaban J connectivity index is 2.81. The Hall–Kier alpha value is -1.91. The molecule has 0 heterocycles. The number of amides is 2. The molecule has 0 radical (unpaired) electrons. The van der Waals surface area contributed by atoms with Crippen molar-refractivity contribution in [1.29, 1.82) is 0 Å². The van der Waals surface area contributed by atoms with Gasteiger partial charge >= 0.3 is 0 Å². The number of primary amides is 2. The highest BCUT2D eigenvalue weighted by Gasteiger charge is 2.18. The van der Waals surface area contributed by atoms with Crippen LogP contribution in [0.3, 0.4) is 0 Å². The molecule has 4 nitrogen and oxygen atoms in total. The van der Waals surface area contributed by atoms with Crippen LogP contribution < -0.4 is 11.5 Å². The van der Waals surface area contributed by atoms with E-state index in [1.165, 1.54) is 24.3 Å². The van der Waals surface area contributed by atoms with E-state index in [1.54, 1.807) is 0 Å². The predicted octanol–water partition coefficient (Wildman–Crippen LogP) is 0.660. The minimum Gasteiger partial charge on any atom is -0.370 e. The fraction of sp³-hybridized carbons (Fsp3) is 0.273. The van der Waals surface area contributed by atoms with Gasteiger partial charge in [-0.15, -0.1) is 0 Å². The third kappa shape index (κ3) is 3.34. The van der Waals surface area contributed by atoms with Crippen LogP contribution >= 0.6 is 0 Å². The fourth-order valence-corrected chi connectivity index (χ4v) is 1.45. The van der Waals surface area contributed by atoms with E-state index in [1.807, 2.05) is 0 Å². The van der Waals surface area contributed by atoms with Crippen LogP contribution in [0, 0.1) is 5.82 Å². The standard InChI is InChI=1S/C11H13FN2O2/c12-8-3-1-7(2-4-8)9(11(14)16)5-6-10(13)15/h1-4,9H,5-6H2,(H2,13,15)(H2,14,16). The van der Waals surface area contributed by atoms with Crippen LogP contribution in [-0.2, 0) is 9.59 Å². The molecular weight excluding hydrogens is 211 g/mol. The van der Waals surface area contributed by atoms with Crippen molar-refractivity contribution in [3.05, 3.63) is 35.6 Å². The molecule has 0 spiro atoms. The topological polar surface area (TPSA) is 86.2 Å². The lowest BCUT2D eigenvalue weighted by molar-refractivity contribution is -0.120. The number of halogens is 1. The van der Waals surface area contributed by atoms with Gasteiger partial charge in [-0.05, 0) is 24.1 Å². The highest BCUT2D eigenvalue weighted by molar-refractivity contribution is 5.83. The SMILES string of the molecule is NC(=O)CCC(C(N)=O)c1ccc(F)cc1. The second-order valence-corrected chi connectivity index (χ2v) is 3.51. The smallest absolute Gasteiger partial charge is 0.224 e. The van der Waals surface area contributed by atoms with Gasteiger partial charge in [-0.1, -0.05) is 12.1 Å². The summed E-state index contributed by atoms with van der Waals surface area (Å²) in [5.41, 5.74) is 10.8. The molecule has 1 aromatic carbocycles. The van der Waals surface area contributed by atoms with Crippen molar-refractivity contribution < 1.29 is 14.0 Å². The summed E-state index contributed by atoms with van der Waals surface area (Å²) in [5, 5.41) is 0. The summed E-state index contributed by atoms with van der Waals surface area (Å²) in [6.45, 7) is 0. The van der Waals surface area contributed by atoms with Crippen molar-refractivity contribution in [1.82, 2.24) is 0 Å². The van der Waals surface area contributed by atoms with Crippen LogP contribution in [0.25, 0.3) is 0 Å². The van der Waals surface area contributed by atoms with E-state index in [-0.39, 0.29) is 18.7 Å². The Labute approximate surface area is 92.4 Å². The van der Waals surface area contributed by atoms with Gasteiger partial charge in [0.15, 0.2) is 0 Å². The molecule has 0 saturated heterocycles. The van der Waals surface area contributed by atoms with Crippen LogP contribution in [0.1, 0.15) is 24.3 Å². The monoisotopic (exact) mass is 224 g/mol. The minimum absolute atomic E-state index is 0.0744. The molecule has 2 amide bonds. The maximum absolute atomic E-state index is 12.7. The van der Waals surface area contributed by atoms with E-state index >= 15 is 0 Å². The van der Waals surface area contributed by atoms with Gasteiger partial charge in [0.2, 0.25) is 11.8 Å². The Morgan fingerprint density at radius 2 is 1.75 bits per heavy atom. The van der Waals surface area contributed by atoms with E-state index in [0.29, 0.717) is 5.56 Å². The zero-order valence-corrected chi connectivity index (χ0v) is 8.65. The molecule has 1 atom stereocenters. The third-order valence-corrected chi connectivity index (χ3v) is 2.30. The van der Waals surface area contributed by atoms with Crippen LogP contribution in [-0.4, -0.2) is 11.8 Å². The number of hydrogen-bond acceptors (Lipinski definition) is 2. The zero-order chi connectivity index (χ0) is 12.1. The molecule has 4 N–H and O–H groups in total. The van der Waals surface area contributed by atoms with Crippen LogP contribution in [0.2, 0.25) is 0 Å². The van der Waals surface area contributed by atoms with Crippen molar-refractivity contribution in [2.75, 3.05) is 0 Å². The number of nitrogens with two attached hydrogens (primary N) is 2. The molecule has 0 aliphatic carbocycles. The summed E-state index contributed by atoms with van der Waals surface area (Å²) < 4.78 is 12.7. The number of hydrogen-bond donors (Lipinski definition) is 2. The summed E-state index contributed by atoms with van der Waals surface area (Å²) in [4.78, 5) is 21.8. The van der Waals surface area contributed by atoms with Gasteiger partial charge in [-0.25, -0.2) is 4.39 Å². The number of carbonyl (C=O) groups is 2. The highest BCUT2D eigenvalue weighted by atomic mass is 19.1. The maximum Gasteiger partial charge on any atom is 0.224 e. The van der Waals surface area contributed by atoms with Crippen molar-refractivity contribution in [2.45, 2.75) is 18.8 Å². The van der Waals surface area contributed by atoms with E-state index in [4.69, 9.17) is 11.5 Å². The van der Waals surface area contributed by atoms with Crippen molar-refractivity contribution >= 4 is 11.8 Å². The summed E-state index contributed by atoms with van der Waals surface area (Å²) in [6, 6.07) is 5.45.